The molecule has 16 heavy (non-hydrogen) atoms. The Hall–Kier alpha value is -1.35. The minimum atomic E-state index is -0.773. The molecule has 3 nitrogen and oxygen atoms in total. The van der Waals surface area contributed by atoms with Crippen LogP contribution in [0.3, 0.4) is 0 Å². The van der Waals surface area contributed by atoms with Crippen LogP contribution in [0.15, 0.2) is 18.2 Å². The van der Waals surface area contributed by atoms with Crippen LogP contribution in [0.5, 0.6) is 0 Å². The van der Waals surface area contributed by atoms with E-state index >= 15 is 0 Å². The van der Waals surface area contributed by atoms with Gasteiger partial charge in [0.15, 0.2) is 6.23 Å². The Morgan fingerprint density at radius 1 is 1.44 bits per heavy atom. The highest BCUT2D eigenvalue weighted by molar-refractivity contribution is 6.00. The summed E-state index contributed by atoms with van der Waals surface area (Å²) in [6.45, 7) is 6.57. The molecule has 1 aromatic rings. The van der Waals surface area contributed by atoms with E-state index in [1.807, 2.05) is 39.0 Å². The summed E-state index contributed by atoms with van der Waals surface area (Å²) in [5, 5.41) is 10.1. The number of amides is 1. The van der Waals surface area contributed by atoms with Crippen molar-refractivity contribution in [1.82, 2.24) is 4.90 Å². The molecule has 0 spiro atoms. The number of rotatable bonds is 2. The molecule has 1 unspecified atom stereocenters. The zero-order valence-corrected chi connectivity index (χ0v) is 9.90. The van der Waals surface area contributed by atoms with Crippen LogP contribution in [0.2, 0.25) is 0 Å². The maximum Gasteiger partial charge on any atom is 0.256 e. The van der Waals surface area contributed by atoms with Gasteiger partial charge in [-0.1, -0.05) is 32.0 Å². The Balaban J connectivity index is 2.40. The highest BCUT2D eigenvalue weighted by Crippen LogP contribution is 2.33. The minimum absolute atomic E-state index is 0.0469. The Kier molecular flexibility index (Phi) is 2.72. The quantitative estimate of drug-likeness (QED) is 0.827. The lowest BCUT2D eigenvalue weighted by atomic mass is 10.0. The number of nitrogens with zero attached hydrogens (tertiary/aromatic N) is 1. The Bertz CT molecular complexity index is 426. The van der Waals surface area contributed by atoms with Crippen molar-refractivity contribution >= 4 is 5.91 Å². The smallest absolute Gasteiger partial charge is 0.256 e. The summed E-state index contributed by atoms with van der Waals surface area (Å²) in [5.41, 5.74) is 2.36. The summed E-state index contributed by atoms with van der Waals surface area (Å²) in [4.78, 5) is 13.7. The summed E-state index contributed by atoms with van der Waals surface area (Å²) in [6.07, 6.45) is -0.773. The Morgan fingerprint density at radius 3 is 2.69 bits per heavy atom. The Morgan fingerprint density at radius 2 is 2.12 bits per heavy atom. The highest BCUT2D eigenvalue weighted by Gasteiger charge is 2.36. The highest BCUT2D eigenvalue weighted by atomic mass is 16.3. The minimum Gasteiger partial charge on any atom is -0.369 e. The number of aliphatic hydroxyl groups is 1. The average Bonchev–Trinajstić information content (AvgIpc) is 2.44. The van der Waals surface area contributed by atoms with E-state index in [0.717, 1.165) is 11.1 Å². The number of carbonyl (C=O) groups excluding carboxylic acids is 1. The fourth-order valence-electron chi connectivity index (χ4n) is 2.20. The van der Waals surface area contributed by atoms with Gasteiger partial charge in [0.1, 0.15) is 0 Å². The van der Waals surface area contributed by atoms with Gasteiger partial charge < -0.3 is 10.0 Å². The van der Waals surface area contributed by atoms with Gasteiger partial charge in [-0.05, 0) is 18.4 Å². The predicted octanol–water partition coefficient (Wildman–Crippen LogP) is 2.10. The fourth-order valence-corrected chi connectivity index (χ4v) is 2.20. The zero-order valence-electron chi connectivity index (χ0n) is 9.90. The molecule has 1 aliphatic rings. The van der Waals surface area contributed by atoms with E-state index in [0.29, 0.717) is 18.0 Å². The van der Waals surface area contributed by atoms with Crippen LogP contribution in [0.4, 0.5) is 0 Å². The molecule has 3 heteroatoms. The number of hydrogen-bond acceptors (Lipinski definition) is 2. The van der Waals surface area contributed by atoms with Gasteiger partial charge in [-0.3, -0.25) is 4.79 Å². The largest absolute Gasteiger partial charge is 0.369 e. The zero-order chi connectivity index (χ0) is 11.9. The van der Waals surface area contributed by atoms with E-state index in [1.165, 1.54) is 0 Å². The molecule has 0 saturated heterocycles. The van der Waals surface area contributed by atoms with E-state index in [1.54, 1.807) is 4.90 Å². The van der Waals surface area contributed by atoms with Crippen molar-refractivity contribution in [3.8, 4) is 0 Å². The van der Waals surface area contributed by atoms with Crippen LogP contribution in [0, 0.1) is 12.8 Å². The first-order valence-electron chi connectivity index (χ1n) is 5.61. The van der Waals surface area contributed by atoms with Gasteiger partial charge in [-0.15, -0.1) is 0 Å². The fraction of sp³-hybridized carbons (Fsp3) is 0.462. The standard InChI is InChI=1S/C13H17NO2/c1-8(2)7-14-12(15)10-6-4-5-9(3)11(10)13(14)16/h4-6,8,12,15H,7H2,1-3H3. The average molecular weight is 219 g/mol. The number of fused-ring (bicyclic) bond motifs is 1. The van der Waals surface area contributed by atoms with E-state index in [2.05, 4.69) is 0 Å². The number of hydrogen-bond donors (Lipinski definition) is 1. The van der Waals surface area contributed by atoms with E-state index in [9.17, 15) is 9.90 Å². The van der Waals surface area contributed by atoms with Crippen molar-refractivity contribution in [2.75, 3.05) is 6.54 Å². The molecule has 0 radical (unpaired) electrons. The third-order valence-corrected chi connectivity index (χ3v) is 2.91. The van der Waals surface area contributed by atoms with Gasteiger partial charge in [-0.2, -0.15) is 0 Å². The summed E-state index contributed by atoms with van der Waals surface area (Å²) < 4.78 is 0. The van der Waals surface area contributed by atoms with Crippen molar-refractivity contribution in [1.29, 1.82) is 0 Å². The molecule has 1 amide bonds. The molecule has 2 rings (SSSR count). The van der Waals surface area contributed by atoms with Crippen molar-refractivity contribution in [2.24, 2.45) is 5.92 Å². The molecule has 86 valence electrons. The molecular formula is C13H17NO2. The molecule has 0 aromatic heterocycles. The van der Waals surface area contributed by atoms with Gasteiger partial charge in [-0.25, -0.2) is 0 Å². The van der Waals surface area contributed by atoms with Crippen molar-refractivity contribution in [2.45, 2.75) is 27.0 Å². The number of carbonyl (C=O) groups is 1. The van der Waals surface area contributed by atoms with Gasteiger partial charge >= 0.3 is 0 Å². The maximum atomic E-state index is 12.1. The lowest BCUT2D eigenvalue weighted by Gasteiger charge is -2.22. The molecule has 0 fully saturated rings. The molecule has 1 aliphatic heterocycles. The predicted molar refractivity (Wildman–Crippen MR) is 62.0 cm³/mol. The van der Waals surface area contributed by atoms with Crippen LogP contribution in [-0.2, 0) is 0 Å². The SMILES string of the molecule is Cc1cccc2c1C(=O)N(CC(C)C)C2O. The van der Waals surface area contributed by atoms with Gasteiger partial charge in [0.2, 0.25) is 0 Å². The second-order valence-corrected chi connectivity index (χ2v) is 4.76. The van der Waals surface area contributed by atoms with Crippen molar-refractivity contribution < 1.29 is 9.90 Å². The van der Waals surface area contributed by atoms with Gasteiger partial charge in [0, 0.05) is 12.1 Å². The number of aryl methyl sites for hydroxylation is 1. The van der Waals surface area contributed by atoms with Crippen LogP contribution in [0.25, 0.3) is 0 Å². The molecule has 0 bridgehead atoms. The van der Waals surface area contributed by atoms with Crippen LogP contribution in [0.1, 0.15) is 41.6 Å². The van der Waals surface area contributed by atoms with Crippen LogP contribution in [-0.4, -0.2) is 22.5 Å². The number of aliphatic hydroxyl groups excluding tert-OH is 1. The summed E-state index contributed by atoms with van der Waals surface area (Å²) in [6, 6.07) is 5.61. The van der Waals surface area contributed by atoms with Crippen molar-refractivity contribution in [3.63, 3.8) is 0 Å². The summed E-state index contributed by atoms with van der Waals surface area (Å²) >= 11 is 0. The molecule has 0 aliphatic carbocycles. The van der Waals surface area contributed by atoms with E-state index in [-0.39, 0.29) is 5.91 Å². The van der Waals surface area contributed by atoms with Crippen LogP contribution >= 0.6 is 0 Å². The second kappa shape index (κ2) is 3.91. The normalized spacial score (nSPS) is 19.4. The lowest BCUT2D eigenvalue weighted by Crippen LogP contribution is -2.31. The summed E-state index contributed by atoms with van der Waals surface area (Å²) in [7, 11) is 0. The van der Waals surface area contributed by atoms with Crippen molar-refractivity contribution in [3.05, 3.63) is 34.9 Å². The first-order valence-corrected chi connectivity index (χ1v) is 5.61. The summed E-state index contributed by atoms with van der Waals surface area (Å²) in [5.74, 6) is 0.308. The first-order chi connectivity index (χ1) is 7.52. The third kappa shape index (κ3) is 1.61. The molecular weight excluding hydrogens is 202 g/mol. The molecule has 1 aromatic carbocycles. The second-order valence-electron chi connectivity index (χ2n) is 4.76. The maximum absolute atomic E-state index is 12.1. The molecule has 1 heterocycles. The molecule has 0 saturated carbocycles. The van der Waals surface area contributed by atoms with Gasteiger partial charge in [0.05, 0.1) is 5.56 Å². The lowest BCUT2D eigenvalue weighted by molar-refractivity contribution is 0.0127. The van der Waals surface area contributed by atoms with Crippen LogP contribution < -0.4 is 0 Å². The number of benzene rings is 1. The molecule has 1 atom stereocenters. The molecule has 1 N–H and O–H groups in total. The van der Waals surface area contributed by atoms with Gasteiger partial charge in [0.25, 0.3) is 5.91 Å². The van der Waals surface area contributed by atoms with E-state index < -0.39 is 6.23 Å². The third-order valence-electron chi connectivity index (χ3n) is 2.91. The monoisotopic (exact) mass is 219 g/mol. The first kappa shape index (κ1) is 11.1. The van der Waals surface area contributed by atoms with E-state index in [4.69, 9.17) is 0 Å². The Labute approximate surface area is 95.7 Å². The topological polar surface area (TPSA) is 40.5 Å².